The first-order valence-corrected chi connectivity index (χ1v) is 8.72. The maximum atomic E-state index is 13.1. The monoisotopic (exact) mass is 330 g/mol. The first-order chi connectivity index (χ1) is 11.4. The third-order valence-electron chi connectivity index (χ3n) is 5.04. The molecule has 2 aliphatic rings. The minimum Gasteiger partial charge on any atom is -0.376 e. The molecule has 1 saturated heterocycles. The fourth-order valence-corrected chi connectivity index (χ4v) is 3.51. The van der Waals surface area contributed by atoms with Crippen LogP contribution in [0.1, 0.15) is 39.2 Å². The number of fused-ring (bicyclic) bond motifs is 1. The van der Waals surface area contributed by atoms with E-state index in [0.717, 1.165) is 37.1 Å². The molecule has 24 heavy (non-hydrogen) atoms. The van der Waals surface area contributed by atoms with Gasteiger partial charge in [0.2, 0.25) is 11.8 Å². The molecule has 0 bridgehead atoms. The van der Waals surface area contributed by atoms with Crippen LogP contribution in [-0.4, -0.2) is 37.1 Å². The van der Waals surface area contributed by atoms with Gasteiger partial charge in [-0.2, -0.15) is 0 Å². The lowest BCUT2D eigenvalue weighted by Crippen LogP contribution is -2.52. The minimum atomic E-state index is -1.11. The highest BCUT2D eigenvalue weighted by Gasteiger charge is 2.43. The van der Waals surface area contributed by atoms with Crippen molar-refractivity contribution in [1.82, 2.24) is 5.32 Å². The van der Waals surface area contributed by atoms with Crippen molar-refractivity contribution in [2.75, 3.05) is 18.1 Å². The van der Waals surface area contributed by atoms with Crippen molar-refractivity contribution in [3.8, 4) is 0 Å². The minimum absolute atomic E-state index is 0.0696. The Labute approximate surface area is 143 Å². The lowest BCUT2D eigenvalue weighted by molar-refractivity contribution is -0.140. The molecule has 1 N–H and O–H groups in total. The predicted molar refractivity (Wildman–Crippen MR) is 92.9 cm³/mol. The normalized spacial score (nSPS) is 23.2. The molecule has 1 fully saturated rings. The topological polar surface area (TPSA) is 58.6 Å². The zero-order chi connectivity index (χ0) is 17.3. The summed E-state index contributed by atoms with van der Waals surface area (Å²) in [5.41, 5.74) is 0.980. The second-order valence-corrected chi connectivity index (χ2v) is 7.33. The van der Waals surface area contributed by atoms with E-state index >= 15 is 0 Å². The maximum absolute atomic E-state index is 13.1. The van der Waals surface area contributed by atoms with E-state index in [4.69, 9.17) is 4.74 Å². The number of nitrogens with zero attached hydrogens (tertiary/aromatic N) is 1. The summed E-state index contributed by atoms with van der Waals surface area (Å²) in [6.45, 7) is 6.66. The van der Waals surface area contributed by atoms with Gasteiger partial charge in [0.25, 0.3) is 0 Å². The van der Waals surface area contributed by atoms with Crippen molar-refractivity contribution < 1.29 is 14.3 Å². The third-order valence-corrected chi connectivity index (χ3v) is 5.04. The molecule has 0 radical (unpaired) electrons. The number of benzene rings is 1. The molecule has 2 amide bonds. The second-order valence-electron chi connectivity index (χ2n) is 7.33. The van der Waals surface area contributed by atoms with Crippen LogP contribution in [0.3, 0.4) is 0 Å². The van der Waals surface area contributed by atoms with Gasteiger partial charge in [-0.1, -0.05) is 18.2 Å². The Kier molecular flexibility index (Phi) is 4.63. The Morgan fingerprint density at radius 3 is 2.79 bits per heavy atom. The van der Waals surface area contributed by atoms with Crippen molar-refractivity contribution in [1.29, 1.82) is 0 Å². The molecule has 2 aliphatic heterocycles. The average Bonchev–Trinajstić information content (AvgIpc) is 3.18. The summed E-state index contributed by atoms with van der Waals surface area (Å²) in [4.78, 5) is 27.5. The zero-order valence-electron chi connectivity index (χ0n) is 14.7. The van der Waals surface area contributed by atoms with E-state index in [1.807, 2.05) is 31.2 Å². The van der Waals surface area contributed by atoms with Gasteiger partial charge >= 0.3 is 0 Å². The second kappa shape index (κ2) is 6.55. The van der Waals surface area contributed by atoms with Crippen molar-refractivity contribution in [3.05, 3.63) is 29.8 Å². The third kappa shape index (κ3) is 3.05. The van der Waals surface area contributed by atoms with Gasteiger partial charge in [-0.05, 0) is 51.7 Å². The Balaban J connectivity index is 1.71. The van der Waals surface area contributed by atoms with Crippen LogP contribution in [0.2, 0.25) is 0 Å². The first kappa shape index (κ1) is 17.0. The summed E-state index contributed by atoms with van der Waals surface area (Å²) in [6.07, 6.45) is 2.90. The largest absolute Gasteiger partial charge is 0.376 e. The van der Waals surface area contributed by atoms with Crippen molar-refractivity contribution >= 4 is 17.5 Å². The number of rotatable bonds is 4. The number of carbonyl (C=O) groups is 2. The molecule has 0 saturated carbocycles. The van der Waals surface area contributed by atoms with Gasteiger partial charge in [0, 0.05) is 24.9 Å². The van der Waals surface area contributed by atoms with Gasteiger partial charge in [-0.15, -0.1) is 0 Å². The predicted octanol–water partition coefficient (Wildman–Crippen LogP) is 2.29. The van der Waals surface area contributed by atoms with E-state index in [2.05, 4.69) is 5.32 Å². The molecule has 3 rings (SSSR count). The molecular weight excluding hydrogens is 304 g/mol. The zero-order valence-corrected chi connectivity index (χ0v) is 14.7. The maximum Gasteiger partial charge on any atom is 0.242 e. The van der Waals surface area contributed by atoms with Gasteiger partial charge in [0.05, 0.1) is 6.10 Å². The number of carbonyl (C=O) groups excluding carboxylic acids is 2. The molecule has 2 atom stereocenters. The highest BCUT2D eigenvalue weighted by molar-refractivity contribution is 6.12. The summed E-state index contributed by atoms with van der Waals surface area (Å²) < 4.78 is 5.53. The van der Waals surface area contributed by atoms with Gasteiger partial charge in [0.15, 0.2) is 0 Å². The van der Waals surface area contributed by atoms with Crippen LogP contribution in [0.4, 0.5) is 5.69 Å². The molecule has 5 nitrogen and oxygen atoms in total. The first-order valence-electron chi connectivity index (χ1n) is 8.72. The standard InChI is InChI=1S/C19H26N2O3/c1-13-11-14-7-4-5-9-16(14)21(13)18(23)19(2,3)17(22)20-12-15-8-6-10-24-15/h4-5,7,9,13,15H,6,8,10-12H2,1-3H3,(H,20,22). The Hall–Kier alpha value is -1.88. The Morgan fingerprint density at radius 2 is 2.08 bits per heavy atom. The summed E-state index contributed by atoms with van der Waals surface area (Å²) in [5.74, 6) is -0.385. The summed E-state index contributed by atoms with van der Waals surface area (Å²) in [6, 6.07) is 7.99. The smallest absolute Gasteiger partial charge is 0.242 e. The molecule has 0 spiro atoms. The lowest BCUT2D eigenvalue weighted by Gasteiger charge is -2.31. The SMILES string of the molecule is CC1Cc2ccccc2N1C(=O)C(C)(C)C(=O)NCC1CCCO1. The number of hydrogen-bond donors (Lipinski definition) is 1. The number of ether oxygens (including phenoxy) is 1. The molecule has 130 valence electrons. The highest BCUT2D eigenvalue weighted by atomic mass is 16.5. The summed E-state index contributed by atoms with van der Waals surface area (Å²) >= 11 is 0. The van der Waals surface area contributed by atoms with Gasteiger partial charge in [-0.25, -0.2) is 0 Å². The van der Waals surface area contributed by atoms with Gasteiger partial charge < -0.3 is 15.0 Å². The van der Waals surface area contributed by atoms with Gasteiger partial charge in [-0.3, -0.25) is 9.59 Å². The molecular formula is C19H26N2O3. The molecule has 1 aromatic rings. The van der Waals surface area contributed by atoms with E-state index in [0.29, 0.717) is 6.54 Å². The summed E-state index contributed by atoms with van der Waals surface area (Å²) in [5, 5.41) is 2.90. The molecule has 5 heteroatoms. The van der Waals surface area contributed by atoms with E-state index in [-0.39, 0.29) is 24.0 Å². The van der Waals surface area contributed by atoms with E-state index in [1.54, 1.807) is 18.7 Å². The average molecular weight is 330 g/mol. The molecule has 0 aliphatic carbocycles. The molecule has 0 aromatic heterocycles. The van der Waals surface area contributed by atoms with Crippen LogP contribution in [0, 0.1) is 5.41 Å². The van der Waals surface area contributed by atoms with Crippen LogP contribution in [-0.2, 0) is 20.7 Å². The highest BCUT2D eigenvalue weighted by Crippen LogP contribution is 2.35. The van der Waals surface area contributed by atoms with Crippen LogP contribution in [0.25, 0.3) is 0 Å². The number of nitrogens with one attached hydrogen (secondary N) is 1. The van der Waals surface area contributed by atoms with Crippen LogP contribution < -0.4 is 10.2 Å². The fourth-order valence-electron chi connectivity index (χ4n) is 3.51. The van der Waals surface area contributed by atoms with Crippen LogP contribution >= 0.6 is 0 Å². The van der Waals surface area contributed by atoms with E-state index in [9.17, 15) is 9.59 Å². The Bertz CT molecular complexity index is 635. The Morgan fingerprint density at radius 1 is 1.33 bits per heavy atom. The molecule has 2 unspecified atom stereocenters. The number of anilines is 1. The van der Waals surface area contributed by atoms with Crippen molar-refractivity contribution in [2.45, 2.75) is 52.2 Å². The lowest BCUT2D eigenvalue weighted by atomic mass is 9.89. The fraction of sp³-hybridized carbons (Fsp3) is 0.579. The number of amides is 2. The van der Waals surface area contributed by atoms with Crippen molar-refractivity contribution in [2.24, 2.45) is 5.41 Å². The van der Waals surface area contributed by atoms with Crippen molar-refractivity contribution in [3.63, 3.8) is 0 Å². The van der Waals surface area contributed by atoms with Crippen LogP contribution in [0.5, 0.6) is 0 Å². The summed E-state index contributed by atoms with van der Waals surface area (Å²) in [7, 11) is 0. The van der Waals surface area contributed by atoms with Crippen LogP contribution in [0.15, 0.2) is 24.3 Å². The van der Waals surface area contributed by atoms with Gasteiger partial charge in [0.1, 0.15) is 5.41 Å². The molecule has 2 heterocycles. The quantitative estimate of drug-likeness (QED) is 0.862. The van der Waals surface area contributed by atoms with E-state index < -0.39 is 5.41 Å². The number of hydrogen-bond acceptors (Lipinski definition) is 3. The molecule has 1 aromatic carbocycles. The van der Waals surface area contributed by atoms with E-state index in [1.165, 1.54) is 0 Å². The number of para-hydroxylation sites is 1.